The van der Waals surface area contributed by atoms with Gasteiger partial charge >= 0.3 is 0 Å². The van der Waals surface area contributed by atoms with E-state index in [9.17, 15) is 28.6 Å². The molecule has 0 unspecified atom stereocenters. The van der Waals surface area contributed by atoms with Crippen molar-refractivity contribution in [3.8, 4) is 0 Å². The van der Waals surface area contributed by atoms with Gasteiger partial charge < -0.3 is 4.90 Å². The van der Waals surface area contributed by atoms with E-state index in [1.807, 2.05) is 0 Å². The van der Waals surface area contributed by atoms with E-state index in [-0.39, 0.29) is 30.5 Å². The third kappa shape index (κ3) is 4.64. The lowest BCUT2D eigenvalue weighted by Crippen LogP contribution is -2.29. The van der Waals surface area contributed by atoms with Crippen molar-refractivity contribution >= 4 is 50.3 Å². The third-order valence-electron chi connectivity index (χ3n) is 2.81. The van der Waals surface area contributed by atoms with E-state index in [4.69, 9.17) is 28.3 Å². The summed E-state index contributed by atoms with van der Waals surface area (Å²) < 4.78 is 23.1. The number of rotatable bonds is 8. The van der Waals surface area contributed by atoms with Crippen molar-refractivity contribution in [3.05, 3.63) is 32.4 Å². The molecule has 0 amide bonds. The lowest BCUT2D eigenvalue weighted by molar-refractivity contribution is -0.395. The monoisotopic (exact) mass is 386 g/mol. The number of nitro benzene ring substituents is 2. The Kier molecular flexibility index (Phi) is 6.50. The fourth-order valence-electron chi connectivity index (χ4n) is 1.87. The number of benzene rings is 1. The van der Waals surface area contributed by atoms with Gasteiger partial charge in [0.1, 0.15) is 5.69 Å². The van der Waals surface area contributed by atoms with Crippen LogP contribution in [0, 0.1) is 20.2 Å². The van der Waals surface area contributed by atoms with E-state index < -0.39 is 36.1 Å². The van der Waals surface area contributed by atoms with Crippen LogP contribution in [-0.4, -0.2) is 43.1 Å². The van der Waals surface area contributed by atoms with Gasteiger partial charge in [-0.05, 0) is 6.07 Å². The van der Waals surface area contributed by atoms with E-state index in [0.717, 1.165) is 6.07 Å². The highest BCUT2D eigenvalue weighted by molar-refractivity contribution is 7.89. The van der Waals surface area contributed by atoms with Gasteiger partial charge in [-0.25, -0.2) is 13.6 Å². The van der Waals surface area contributed by atoms with Gasteiger partial charge in [-0.3, -0.25) is 20.2 Å². The van der Waals surface area contributed by atoms with Gasteiger partial charge in [-0.1, -0.05) is 0 Å². The summed E-state index contributed by atoms with van der Waals surface area (Å²) in [6, 6.07) is 1.36. The van der Waals surface area contributed by atoms with E-state index in [1.54, 1.807) is 0 Å². The standard InChI is InChI=1S/C10H12Cl2N4O6S/c11-1-3-14(4-2-12)7-6-10(23(13,21)22)9(16(19)20)5-8(7)15(17)18/h5-6H,1-4H2,(H2,13,21,22). The molecule has 0 fully saturated rings. The highest BCUT2D eigenvalue weighted by Crippen LogP contribution is 2.37. The van der Waals surface area contributed by atoms with Crippen molar-refractivity contribution in [2.45, 2.75) is 4.90 Å². The first-order valence-corrected chi connectivity index (χ1v) is 8.61. The van der Waals surface area contributed by atoms with Crippen LogP contribution in [0.5, 0.6) is 0 Å². The molecule has 2 N–H and O–H groups in total. The molecule has 23 heavy (non-hydrogen) atoms. The number of hydrogen-bond donors (Lipinski definition) is 1. The molecule has 128 valence electrons. The SMILES string of the molecule is NS(=O)(=O)c1cc(N(CCCl)CCCl)c([N+](=O)[O-])cc1[N+](=O)[O-]. The van der Waals surface area contributed by atoms with Gasteiger partial charge in [0.15, 0.2) is 4.90 Å². The molecule has 0 bridgehead atoms. The largest absolute Gasteiger partial charge is 0.364 e. The van der Waals surface area contributed by atoms with Gasteiger partial charge in [0.2, 0.25) is 10.0 Å². The van der Waals surface area contributed by atoms with Crippen LogP contribution in [0.1, 0.15) is 0 Å². The molecular formula is C10H12Cl2N4O6S. The van der Waals surface area contributed by atoms with Gasteiger partial charge in [0.25, 0.3) is 11.4 Å². The van der Waals surface area contributed by atoms with Crippen LogP contribution in [0.3, 0.4) is 0 Å². The Balaban J connectivity index is 3.73. The Labute approximate surface area is 141 Å². The second-order valence-corrected chi connectivity index (χ2v) is 6.52. The quantitative estimate of drug-likeness (QED) is 0.403. The molecule has 10 nitrogen and oxygen atoms in total. The Hall–Kier alpha value is -1.69. The van der Waals surface area contributed by atoms with E-state index in [0.29, 0.717) is 6.07 Å². The summed E-state index contributed by atoms with van der Waals surface area (Å²) in [6.45, 7) is 0.244. The minimum absolute atomic E-state index is 0.0791. The Morgan fingerprint density at radius 1 is 1.04 bits per heavy atom. The molecule has 0 aliphatic carbocycles. The van der Waals surface area contributed by atoms with Gasteiger partial charge in [0.05, 0.1) is 15.9 Å². The number of primary sulfonamides is 1. The molecule has 0 heterocycles. The van der Waals surface area contributed by atoms with Crippen molar-refractivity contribution < 1.29 is 18.3 Å². The number of halogens is 2. The zero-order valence-corrected chi connectivity index (χ0v) is 13.8. The number of nitro groups is 2. The number of alkyl halides is 2. The minimum Gasteiger partial charge on any atom is -0.364 e. The molecular weight excluding hydrogens is 375 g/mol. The zero-order chi connectivity index (χ0) is 17.8. The van der Waals surface area contributed by atoms with Crippen molar-refractivity contribution in [2.24, 2.45) is 5.14 Å². The molecule has 1 aromatic carbocycles. The average molecular weight is 387 g/mol. The first kappa shape index (κ1) is 19.4. The fraction of sp³-hybridized carbons (Fsp3) is 0.400. The van der Waals surface area contributed by atoms with E-state index in [2.05, 4.69) is 0 Å². The molecule has 1 rings (SSSR count). The van der Waals surface area contributed by atoms with Crippen LogP contribution in [0.4, 0.5) is 17.1 Å². The maximum atomic E-state index is 11.6. The molecule has 0 atom stereocenters. The number of sulfonamides is 1. The smallest absolute Gasteiger partial charge is 0.299 e. The van der Waals surface area contributed by atoms with E-state index in [1.165, 1.54) is 4.90 Å². The third-order valence-corrected chi connectivity index (χ3v) is 4.08. The van der Waals surface area contributed by atoms with Crippen molar-refractivity contribution in [1.29, 1.82) is 0 Å². The molecule has 13 heteroatoms. The molecule has 0 spiro atoms. The van der Waals surface area contributed by atoms with Crippen molar-refractivity contribution in [3.63, 3.8) is 0 Å². The molecule has 0 aromatic heterocycles. The van der Waals surface area contributed by atoms with Crippen LogP contribution in [0.2, 0.25) is 0 Å². The summed E-state index contributed by atoms with van der Waals surface area (Å²) >= 11 is 11.2. The Morgan fingerprint density at radius 3 is 1.87 bits per heavy atom. The zero-order valence-electron chi connectivity index (χ0n) is 11.5. The summed E-state index contributed by atoms with van der Waals surface area (Å²) in [6.07, 6.45) is 0. The average Bonchev–Trinajstić information content (AvgIpc) is 2.44. The molecule has 1 aromatic rings. The normalized spacial score (nSPS) is 11.3. The van der Waals surface area contributed by atoms with Crippen LogP contribution in [0.15, 0.2) is 17.0 Å². The number of nitrogens with two attached hydrogens (primary N) is 1. The van der Waals surface area contributed by atoms with Gasteiger partial charge in [0, 0.05) is 24.8 Å². The second-order valence-electron chi connectivity index (χ2n) is 4.23. The molecule has 0 radical (unpaired) electrons. The Morgan fingerprint density at radius 2 is 1.52 bits per heavy atom. The molecule has 0 saturated carbocycles. The number of hydrogen-bond acceptors (Lipinski definition) is 7. The number of nitrogens with zero attached hydrogens (tertiary/aromatic N) is 3. The molecule has 0 aliphatic heterocycles. The predicted octanol–water partition coefficient (Wildman–Crippen LogP) is 1.43. The van der Waals surface area contributed by atoms with Gasteiger partial charge in [-0.2, -0.15) is 0 Å². The Bertz CT molecular complexity index is 720. The number of anilines is 1. The topological polar surface area (TPSA) is 150 Å². The summed E-state index contributed by atoms with van der Waals surface area (Å²) in [5.74, 6) is 0.158. The van der Waals surface area contributed by atoms with Crippen LogP contribution >= 0.6 is 23.2 Å². The van der Waals surface area contributed by atoms with Crippen LogP contribution in [0.25, 0.3) is 0 Å². The highest BCUT2D eigenvalue weighted by atomic mass is 35.5. The molecule has 0 aliphatic rings. The lowest BCUT2D eigenvalue weighted by atomic mass is 10.2. The first-order valence-electron chi connectivity index (χ1n) is 6.00. The van der Waals surface area contributed by atoms with Gasteiger partial charge in [-0.15, -0.1) is 23.2 Å². The first-order chi connectivity index (χ1) is 10.6. The lowest BCUT2D eigenvalue weighted by Gasteiger charge is -2.22. The predicted molar refractivity (Wildman–Crippen MR) is 84.8 cm³/mol. The van der Waals surface area contributed by atoms with E-state index >= 15 is 0 Å². The summed E-state index contributed by atoms with van der Waals surface area (Å²) in [7, 11) is -4.46. The maximum absolute atomic E-state index is 11.6. The highest BCUT2D eigenvalue weighted by Gasteiger charge is 2.31. The minimum atomic E-state index is -4.46. The summed E-state index contributed by atoms with van der Waals surface area (Å²) in [5, 5.41) is 27.1. The maximum Gasteiger partial charge on any atom is 0.299 e. The second kappa shape index (κ2) is 7.73. The van der Waals surface area contributed by atoms with Crippen LogP contribution < -0.4 is 10.0 Å². The molecule has 0 saturated heterocycles. The summed E-state index contributed by atoms with van der Waals surface area (Å²) in [5.41, 5.74) is -1.77. The summed E-state index contributed by atoms with van der Waals surface area (Å²) in [4.78, 5) is 20.8. The van der Waals surface area contributed by atoms with Crippen LogP contribution in [-0.2, 0) is 10.0 Å². The van der Waals surface area contributed by atoms with Crippen molar-refractivity contribution in [1.82, 2.24) is 0 Å². The van der Waals surface area contributed by atoms with Crippen molar-refractivity contribution in [2.75, 3.05) is 29.7 Å². The fourth-order valence-corrected chi connectivity index (χ4v) is 2.98.